The molecule has 0 unspecified atom stereocenters. The Morgan fingerprint density at radius 2 is 1.96 bits per heavy atom. The summed E-state index contributed by atoms with van der Waals surface area (Å²) >= 11 is 0. The Kier molecular flexibility index (Phi) is 4.83. The molecule has 3 rings (SSSR count). The van der Waals surface area contributed by atoms with E-state index in [4.69, 9.17) is 0 Å². The van der Waals surface area contributed by atoms with Gasteiger partial charge in [-0.1, -0.05) is 12.1 Å². The molecule has 0 bridgehead atoms. The molecule has 1 aromatic carbocycles. The zero-order valence-corrected chi connectivity index (χ0v) is 14.0. The molecular formula is C18H20F3N3O. The number of rotatable bonds is 6. The number of carbonyl (C=O) groups excluding carboxylic acids is 1. The maximum atomic E-state index is 12.6. The highest BCUT2D eigenvalue weighted by Crippen LogP contribution is 2.31. The lowest BCUT2D eigenvalue weighted by molar-refractivity contribution is -0.137. The molecule has 1 fully saturated rings. The Hall–Kier alpha value is -2.31. The number of imidazole rings is 1. The number of aromatic nitrogens is 2. The van der Waals surface area contributed by atoms with Crippen molar-refractivity contribution in [2.24, 2.45) is 5.92 Å². The summed E-state index contributed by atoms with van der Waals surface area (Å²) < 4.78 is 39.8. The summed E-state index contributed by atoms with van der Waals surface area (Å²) in [5.41, 5.74) is 0.0955. The van der Waals surface area contributed by atoms with Gasteiger partial charge in [0.05, 0.1) is 12.1 Å². The highest BCUT2D eigenvalue weighted by molar-refractivity contribution is 5.80. The van der Waals surface area contributed by atoms with E-state index in [9.17, 15) is 18.0 Å². The zero-order valence-electron chi connectivity index (χ0n) is 14.0. The molecule has 7 heteroatoms. The number of hydrogen-bond acceptors (Lipinski definition) is 2. The Morgan fingerprint density at radius 3 is 2.52 bits per heavy atom. The largest absolute Gasteiger partial charge is 0.416 e. The van der Waals surface area contributed by atoms with Crippen LogP contribution < -0.4 is 0 Å². The molecule has 0 spiro atoms. The van der Waals surface area contributed by atoms with E-state index >= 15 is 0 Å². The minimum absolute atomic E-state index is 0.151. The lowest BCUT2D eigenvalue weighted by atomic mass is 10.1. The van der Waals surface area contributed by atoms with E-state index in [1.165, 1.54) is 12.1 Å². The van der Waals surface area contributed by atoms with Gasteiger partial charge in [0.1, 0.15) is 5.82 Å². The van der Waals surface area contributed by atoms with Crippen molar-refractivity contribution < 1.29 is 18.0 Å². The molecule has 1 saturated carbocycles. The van der Waals surface area contributed by atoms with E-state index in [1.54, 1.807) is 17.3 Å². The van der Waals surface area contributed by atoms with Crippen LogP contribution in [-0.4, -0.2) is 26.9 Å². The number of benzene rings is 1. The van der Waals surface area contributed by atoms with Gasteiger partial charge in [0.2, 0.25) is 5.91 Å². The molecule has 25 heavy (non-hydrogen) atoms. The maximum Gasteiger partial charge on any atom is 0.416 e. The van der Waals surface area contributed by atoms with Crippen LogP contribution in [0, 0.1) is 5.92 Å². The van der Waals surface area contributed by atoms with Crippen molar-refractivity contribution in [3.8, 4) is 0 Å². The summed E-state index contributed by atoms with van der Waals surface area (Å²) in [6.07, 6.45) is 1.01. The predicted octanol–water partition coefficient (Wildman–Crippen LogP) is 3.71. The molecule has 0 aliphatic heterocycles. The molecule has 0 radical (unpaired) electrons. The Labute approximate surface area is 144 Å². The molecule has 1 amide bonds. The van der Waals surface area contributed by atoms with Gasteiger partial charge in [0.15, 0.2) is 0 Å². The molecule has 1 aromatic heterocycles. The zero-order chi connectivity index (χ0) is 18.0. The van der Waals surface area contributed by atoms with Crippen molar-refractivity contribution in [2.75, 3.05) is 6.54 Å². The molecule has 2 aromatic rings. The third-order valence-corrected chi connectivity index (χ3v) is 4.39. The minimum Gasteiger partial charge on any atom is -0.335 e. The summed E-state index contributed by atoms with van der Waals surface area (Å²) in [5.74, 6) is 1.04. The highest BCUT2D eigenvalue weighted by atomic mass is 19.4. The van der Waals surface area contributed by atoms with Crippen LogP contribution in [0.15, 0.2) is 36.7 Å². The van der Waals surface area contributed by atoms with E-state index in [1.807, 2.05) is 11.5 Å². The van der Waals surface area contributed by atoms with E-state index in [2.05, 4.69) is 4.98 Å². The molecule has 0 saturated heterocycles. The number of nitrogens with zero attached hydrogens (tertiary/aromatic N) is 3. The van der Waals surface area contributed by atoms with Crippen LogP contribution in [0.1, 0.15) is 36.7 Å². The Balaban J connectivity index is 1.70. The Morgan fingerprint density at radius 1 is 1.28 bits per heavy atom. The van der Waals surface area contributed by atoms with Gasteiger partial charge in [-0.25, -0.2) is 4.98 Å². The fraction of sp³-hybridized carbons (Fsp3) is 0.444. The van der Waals surface area contributed by atoms with Crippen LogP contribution in [0.25, 0.3) is 0 Å². The summed E-state index contributed by atoms with van der Waals surface area (Å²) in [6, 6.07) is 5.11. The predicted molar refractivity (Wildman–Crippen MR) is 86.6 cm³/mol. The van der Waals surface area contributed by atoms with Gasteiger partial charge in [-0.15, -0.1) is 0 Å². The molecule has 1 aliphatic rings. The average molecular weight is 351 g/mol. The van der Waals surface area contributed by atoms with Crippen LogP contribution in [0.5, 0.6) is 0 Å². The van der Waals surface area contributed by atoms with E-state index in [0.29, 0.717) is 19.6 Å². The Bertz CT molecular complexity index is 733. The van der Waals surface area contributed by atoms with Crippen molar-refractivity contribution in [1.29, 1.82) is 0 Å². The fourth-order valence-electron chi connectivity index (χ4n) is 2.74. The first-order valence-electron chi connectivity index (χ1n) is 8.33. The number of alkyl halides is 3. The van der Waals surface area contributed by atoms with Gasteiger partial charge < -0.3 is 9.47 Å². The van der Waals surface area contributed by atoms with Gasteiger partial charge in [-0.05, 0) is 37.5 Å². The smallest absolute Gasteiger partial charge is 0.335 e. The second-order valence-electron chi connectivity index (χ2n) is 6.29. The number of carbonyl (C=O) groups is 1. The highest BCUT2D eigenvalue weighted by Gasteiger charge is 2.33. The van der Waals surface area contributed by atoms with E-state index in [0.717, 1.165) is 36.4 Å². The first-order chi connectivity index (χ1) is 11.9. The van der Waals surface area contributed by atoms with Gasteiger partial charge in [0.25, 0.3) is 0 Å². The van der Waals surface area contributed by atoms with Crippen LogP contribution in [0.4, 0.5) is 13.2 Å². The van der Waals surface area contributed by atoms with Gasteiger partial charge in [-0.2, -0.15) is 13.2 Å². The fourth-order valence-corrected chi connectivity index (χ4v) is 2.74. The quantitative estimate of drug-likeness (QED) is 0.796. The third-order valence-electron chi connectivity index (χ3n) is 4.39. The summed E-state index contributed by atoms with van der Waals surface area (Å²) in [6.45, 7) is 3.38. The summed E-state index contributed by atoms with van der Waals surface area (Å²) in [5, 5.41) is 0. The summed E-state index contributed by atoms with van der Waals surface area (Å²) in [4.78, 5) is 18.3. The first kappa shape index (κ1) is 17.5. The topological polar surface area (TPSA) is 38.1 Å². The van der Waals surface area contributed by atoms with Gasteiger partial charge in [-0.3, -0.25) is 4.79 Å². The molecule has 1 aliphatic carbocycles. The number of hydrogen-bond donors (Lipinski definition) is 0. The molecule has 0 atom stereocenters. The average Bonchev–Trinajstić information content (AvgIpc) is 3.34. The number of halogens is 3. The molecule has 134 valence electrons. The lowest BCUT2D eigenvalue weighted by Gasteiger charge is -2.21. The monoisotopic (exact) mass is 351 g/mol. The molecule has 1 heterocycles. The maximum absolute atomic E-state index is 12.6. The van der Waals surface area contributed by atoms with Crippen molar-refractivity contribution in [3.63, 3.8) is 0 Å². The normalized spacial score (nSPS) is 14.6. The summed E-state index contributed by atoms with van der Waals surface area (Å²) in [7, 11) is 0. The standard InChI is InChI=1S/C18H20F3N3O/c1-2-23(17(25)14-5-6-14)12-16-22-9-10-24(16)11-13-3-7-15(8-4-13)18(19,20)21/h3-4,7-10,14H,2,5-6,11-12H2,1H3. The second kappa shape index (κ2) is 6.90. The molecule has 4 nitrogen and oxygen atoms in total. The van der Waals surface area contributed by atoms with Crippen molar-refractivity contribution in [3.05, 3.63) is 53.6 Å². The van der Waals surface area contributed by atoms with E-state index in [-0.39, 0.29) is 11.8 Å². The third kappa shape index (κ3) is 4.21. The number of amides is 1. The molecule has 0 N–H and O–H groups in total. The second-order valence-corrected chi connectivity index (χ2v) is 6.29. The van der Waals surface area contributed by atoms with Crippen molar-refractivity contribution in [1.82, 2.24) is 14.5 Å². The minimum atomic E-state index is -4.33. The van der Waals surface area contributed by atoms with Gasteiger partial charge in [0, 0.05) is 31.4 Å². The first-order valence-corrected chi connectivity index (χ1v) is 8.33. The van der Waals surface area contributed by atoms with E-state index < -0.39 is 11.7 Å². The van der Waals surface area contributed by atoms with Crippen LogP contribution in [0.3, 0.4) is 0 Å². The van der Waals surface area contributed by atoms with Crippen molar-refractivity contribution >= 4 is 5.91 Å². The van der Waals surface area contributed by atoms with Crippen LogP contribution in [-0.2, 0) is 24.1 Å². The lowest BCUT2D eigenvalue weighted by Crippen LogP contribution is -2.32. The SMILES string of the molecule is CCN(Cc1nccn1Cc1ccc(C(F)(F)F)cc1)C(=O)C1CC1. The molecular weight excluding hydrogens is 331 g/mol. The van der Waals surface area contributed by atoms with Crippen molar-refractivity contribution in [2.45, 2.75) is 39.0 Å². The van der Waals surface area contributed by atoms with Crippen LogP contribution in [0.2, 0.25) is 0 Å². The van der Waals surface area contributed by atoms with Crippen LogP contribution >= 0.6 is 0 Å². The van der Waals surface area contributed by atoms with Gasteiger partial charge >= 0.3 is 6.18 Å².